The predicted octanol–water partition coefficient (Wildman–Crippen LogP) is 3.81. The molecule has 1 amide bonds. The van der Waals surface area contributed by atoms with Crippen molar-refractivity contribution in [1.82, 2.24) is 14.9 Å². The number of anilines is 1. The van der Waals surface area contributed by atoms with Gasteiger partial charge in [0.1, 0.15) is 12.4 Å². The first-order chi connectivity index (χ1) is 15.7. The zero-order valence-electron chi connectivity index (χ0n) is 18.5. The van der Waals surface area contributed by atoms with Crippen molar-refractivity contribution in [3.63, 3.8) is 0 Å². The van der Waals surface area contributed by atoms with Gasteiger partial charge in [-0.1, -0.05) is 18.2 Å². The van der Waals surface area contributed by atoms with E-state index in [1.165, 1.54) is 0 Å². The molecule has 7 heteroatoms. The highest BCUT2D eigenvalue weighted by Crippen LogP contribution is 2.33. The van der Waals surface area contributed by atoms with Crippen LogP contribution in [0.3, 0.4) is 0 Å². The topological polar surface area (TPSA) is 67.8 Å². The summed E-state index contributed by atoms with van der Waals surface area (Å²) in [6.45, 7) is 1.93. The highest BCUT2D eigenvalue weighted by atomic mass is 16.5. The number of amides is 1. The van der Waals surface area contributed by atoms with Gasteiger partial charge < -0.3 is 19.3 Å². The van der Waals surface area contributed by atoms with Gasteiger partial charge in [-0.3, -0.25) is 9.78 Å². The number of hydrogen-bond donors (Lipinski definition) is 0. The third-order valence-electron chi connectivity index (χ3n) is 5.76. The summed E-state index contributed by atoms with van der Waals surface area (Å²) in [7, 11) is 3.43. The summed E-state index contributed by atoms with van der Waals surface area (Å²) >= 11 is 0. The van der Waals surface area contributed by atoms with E-state index in [9.17, 15) is 4.79 Å². The smallest absolute Gasteiger partial charge is 0.257 e. The van der Waals surface area contributed by atoms with Crippen molar-refractivity contribution in [3.05, 3.63) is 78.2 Å². The monoisotopic (exact) mass is 432 g/mol. The van der Waals surface area contributed by atoms with Gasteiger partial charge in [0.05, 0.1) is 18.4 Å². The van der Waals surface area contributed by atoms with Crippen LogP contribution in [0.4, 0.5) is 5.82 Å². The fourth-order valence-electron chi connectivity index (χ4n) is 4.00. The summed E-state index contributed by atoms with van der Waals surface area (Å²) in [6, 6.07) is 17.0. The first kappa shape index (κ1) is 21.6. The molecule has 32 heavy (non-hydrogen) atoms. The number of para-hydroxylation sites is 1. The highest BCUT2D eigenvalue weighted by molar-refractivity contribution is 5.98. The zero-order chi connectivity index (χ0) is 22.3. The maximum atomic E-state index is 13.5. The number of nitrogens with zero attached hydrogens (tertiary/aromatic N) is 4. The Morgan fingerprint density at radius 1 is 1.09 bits per heavy atom. The summed E-state index contributed by atoms with van der Waals surface area (Å²) in [5.74, 6) is 1.82. The van der Waals surface area contributed by atoms with Crippen LogP contribution in [-0.4, -0.2) is 54.1 Å². The SMILES string of the molecule is COc1cccc(C(=O)N(C)[C@H]2CCCN(c3ccccn3)C2)c1OCc1ccccn1. The average molecular weight is 433 g/mol. The minimum absolute atomic E-state index is 0.0769. The standard InChI is InChI=1S/C25H28N4O3/c1-28(20-10-8-16-29(17-20)23-13-4-6-15-27-23)25(30)21-11-7-12-22(31-2)24(21)32-18-19-9-3-5-14-26-19/h3-7,9,11-15,20H,8,10,16-18H2,1-2H3/t20-/m0/s1. The van der Waals surface area contributed by atoms with Crippen LogP contribution in [0.25, 0.3) is 0 Å². The third-order valence-corrected chi connectivity index (χ3v) is 5.76. The third kappa shape index (κ3) is 4.82. The van der Waals surface area contributed by atoms with E-state index in [0.29, 0.717) is 17.1 Å². The largest absolute Gasteiger partial charge is 0.493 e. The van der Waals surface area contributed by atoms with Crippen LogP contribution in [0.1, 0.15) is 28.9 Å². The second-order valence-corrected chi connectivity index (χ2v) is 7.79. The lowest BCUT2D eigenvalue weighted by atomic mass is 10.0. The number of pyridine rings is 2. The molecule has 3 heterocycles. The molecule has 166 valence electrons. The molecule has 2 aromatic heterocycles. The van der Waals surface area contributed by atoms with Gasteiger partial charge in [0, 0.05) is 38.6 Å². The van der Waals surface area contributed by atoms with Gasteiger partial charge in [0.2, 0.25) is 0 Å². The van der Waals surface area contributed by atoms with Crippen LogP contribution in [-0.2, 0) is 6.61 Å². The second-order valence-electron chi connectivity index (χ2n) is 7.79. The average Bonchev–Trinajstić information content (AvgIpc) is 2.87. The van der Waals surface area contributed by atoms with Gasteiger partial charge in [-0.05, 0) is 49.2 Å². The van der Waals surface area contributed by atoms with E-state index in [2.05, 4.69) is 14.9 Å². The number of benzene rings is 1. The fraction of sp³-hybridized carbons (Fsp3) is 0.320. The summed E-state index contributed by atoms with van der Waals surface area (Å²) in [5, 5.41) is 0. The lowest BCUT2D eigenvalue weighted by molar-refractivity contribution is 0.0711. The van der Waals surface area contributed by atoms with E-state index in [4.69, 9.17) is 9.47 Å². The number of carbonyl (C=O) groups is 1. The van der Waals surface area contributed by atoms with Gasteiger partial charge in [-0.2, -0.15) is 0 Å². The molecule has 0 N–H and O–H groups in total. The van der Waals surface area contributed by atoms with Crippen molar-refractivity contribution in [1.29, 1.82) is 0 Å². The quantitative estimate of drug-likeness (QED) is 0.566. The molecule has 1 atom stereocenters. The fourth-order valence-corrected chi connectivity index (χ4v) is 4.00. The van der Waals surface area contributed by atoms with Crippen molar-refractivity contribution in [2.24, 2.45) is 0 Å². The minimum Gasteiger partial charge on any atom is -0.493 e. The molecule has 0 unspecified atom stereocenters. The Bertz CT molecular complexity index is 1030. The molecule has 3 aromatic rings. The van der Waals surface area contributed by atoms with Gasteiger partial charge >= 0.3 is 0 Å². The number of rotatable bonds is 7. The van der Waals surface area contributed by atoms with Crippen LogP contribution < -0.4 is 14.4 Å². The molecule has 1 aliphatic heterocycles. The van der Waals surface area contributed by atoms with Crippen LogP contribution in [0, 0.1) is 0 Å². The van der Waals surface area contributed by atoms with E-state index in [1.54, 1.807) is 31.6 Å². The van der Waals surface area contributed by atoms with Gasteiger partial charge in [-0.25, -0.2) is 4.98 Å². The van der Waals surface area contributed by atoms with E-state index in [0.717, 1.165) is 37.4 Å². The second kappa shape index (κ2) is 10.1. The molecule has 0 radical (unpaired) electrons. The Morgan fingerprint density at radius 2 is 1.91 bits per heavy atom. The first-order valence-corrected chi connectivity index (χ1v) is 10.8. The van der Waals surface area contributed by atoms with Crippen LogP contribution in [0.2, 0.25) is 0 Å². The van der Waals surface area contributed by atoms with Gasteiger partial charge in [0.25, 0.3) is 5.91 Å². The van der Waals surface area contributed by atoms with Crippen molar-refractivity contribution >= 4 is 11.7 Å². The lowest BCUT2D eigenvalue weighted by Gasteiger charge is -2.38. The Kier molecular flexibility index (Phi) is 6.84. The summed E-state index contributed by atoms with van der Waals surface area (Å²) in [4.78, 5) is 26.3. The normalized spacial score (nSPS) is 15.8. The molecule has 0 spiro atoms. The van der Waals surface area contributed by atoms with Crippen LogP contribution in [0.15, 0.2) is 67.0 Å². The number of likely N-dealkylation sites (N-methyl/N-ethyl adjacent to an activating group) is 1. The van der Waals surface area contributed by atoms with E-state index >= 15 is 0 Å². The Morgan fingerprint density at radius 3 is 2.62 bits per heavy atom. The summed E-state index contributed by atoms with van der Waals surface area (Å²) in [6.07, 6.45) is 5.46. The molecule has 0 aliphatic carbocycles. The van der Waals surface area contributed by atoms with E-state index in [1.807, 2.05) is 54.4 Å². The number of piperidine rings is 1. The van der Waals surface area contributed by atoms with Crippen molar-refractivity contribution in [2.75, 3.05) is 32.1 Å². The summed E-state index contributed by atoms with van der Waals surface area (Å²) in [5.41, 5.74) is 1.26. The first-order valence-electron chi connectivity index (χ1n) is 10.8. The van der Waals surface area contributed by atoms with E-state index < -0.39 is 0 Å². The number of hydrogen-bond acceptors (Lipinski definition) is 6. The van der Waals surface area contributed by atoms with Gasteiger partial charge in [0.15, 0.2) is 11.5 Å². The minimum atomic E-state index is -0.0900. The molecule has 1 fully saturated rings. The molecule has 1 saturated heterocycles. The van der Waals surface area contributed by atoms with Crippen molar-refractivity contribution < 1.29 is 14.3 Å². The predicted molar refractivity (Wildman–Crippen MR) is 123 cm³/mol. The number of ether oxygens (including phenoxy) is 2. The van der Waals surface area contributed by atoms with Crippen molar-refractivity contribution in [2.45, 2.75) is 25.5 Å². The maximum absolute atomic E-state index is 13.5. The number of carbonyl (C=O) groups excluding carboxylic acids is 1. The molecule has 1 aromatic carbocycles. The maximum Gasteiger partial charge on any atom is 0.257 e. The highest BCUT2D eigenvalue weighted by Gasteiger charge is 2.29. The van der Waals surface area contributed by atoms with Crippen molar-refractivity contribution in [3.8, 4) is 11.5 Å². The Labute approximate surface area is 188 Å². The number of methoxy groups -OCH3 is 1. The lowest BCUT2D eigenvalue weighted by Crippen LogP contribution is -2.49. The zero-order valence-corrected chi connectivity index (χ0v) is 18.5. The molecule has 0 bridgehead atoms. The molecule has 0 saturated carbocycles. The molecular formula is C25H28N4O3. The molecule has 7 nitrogen and oxygen atoms in total. The molecule has 1 aliphatic rings. The van der Waals surface area contributed by atoms with Crippen LogP contribution in [0.5, 0.6) is 11.5 Å². The van der Waals surface area contributed by atoms with Gasteiger partial charge in [-0.15, -0.1) is 0 Å². The summed E-state index contributed by atoms with van der Waals surface area (Å²) < 4.78 is 11.5. The Balaban J connectivity index is 1.52. The molecular weight excluding hydrogens is 404 g/mol. The van der Waals surface area contributed by atoms with E-state index in [-0.39, 0.29) is 18.6 Å². The molecule has 4 rings (SSSR count). The van der Waals surface area contributed by atoms with Crippen LogP contribution >= 0.6 is 0 Å². The number of aromatic nitrogens is 2. The Hall–Kier alpha value is -3.61.